The predicted molar refractivity (Wildman–Crippen MR) is 113 cm³/mol. The van der Waals surface area contributed by atoms with Crippen molar-refractivity contribution in [3.8, 4) is 11.3 Å². The van der Waals surface area contributed by atoms with Crippen LogP contribution in [0, 0.1) is 11.8 Å². The maximum Gasteiger partial charge on any atom is 0.232 e. The van der Waals surface area contributed by atoms with E-state index in [0.717, 1.165) is 32.6 Å². The zero-order valence-electron chi connectivity index (χ0n) is 16.5. The molecule has 0 spiro atoms. The highest BCUT2D eigenvalue weighted by atomic mass is 35.5. The fourth-order valence-electron chi connectivity index (χ4n) is 3.64. The fraction of sp³-hybridized carbons (Fsp3) is 0.500. The molecule has 4 rings (SSSR count). The molecule has 0 aromatic carbocycles. The smallest absolute Gasteiger partial charge is 0.232 e. The SMILES string of the molecule is O=C(Nc1cc(-c2cncc(NCC3CCOCC3)n2)c(Cl)cn1)C1CNCC1O. The number of β-amino-alcohol motifs (C(OH)–C–C–N with tert-alkyl or cyclic N) is 1. The molecule has 0 bridgehead atoms. The standard InChI is InChI=1S/C20H25ClN6O3/c21-15-8-25-18(27-20(29)14-7-22-10-17(14)28)5-13(15)16-9-23-11-19(26-16)24-6-12-1-3-30-4-2-12/h5,8-9,11-12,14,17,22,28H,1-4,6-7,10H2,(H,24,26)(H,25,27,29). The minimum atomic E-state index is -0.707. The molecule has 4 N–H and O–H groups in total. The van der Waals surface area contributed by atoms with E-state index in [9.17, 15) is 9.90 Å². The van der Waals surface area contributed by atoms with Gasteiger partial charge in [-0.2, -0.15) is 0 Å². The van der Waals surface area contributed by atoms with Gasteiger partial charge in [-0.25, -0.2) is 9.97 Å². The topological polar surface area (TPSA) is 121 Å². The second kappa shape index (κ2) is 9.65. The Morgan fingerprint density at radius 1 is 1.23 bits per heavy atom. The van der Waals surface area contributed by atoms with E-state index in [0.29, 0.717) is 46.9 Å². The Kier molecular flexibility index (Phi) is 6.73. The first-order chi connectivity index (χ1) is 14.6. The van der Waals surface area contributed by atoms with Gasteiger partial charge in [0.2, 0.25) is 5.91 Å². The van der Waals surface area contributed by atoms with Gasteiger partial charge in [0.05, 0.1) is 35.1 Å². The van der Waals surface area contributed by atoms with Crippen LogP contribution in [0.1, 0.15) is 12.8 Å². The summed E-state index contributed by atoms with van der Waals surface area (Å²) in [4.78, 5) is 25.5. The molecule has 2 atom stereocenters. The number of hydrogen-bond acceptors (Lipinski definition) is 8. The van der Waals surface area contributed by atoms with Crippen molar-refractivity contribution in [1.82, 2.24) is 20.3 Å². The number of ether oxygens (including phenoxy) is 1. The van der Waals surface area contributed by atoms with Gasteiger partial charge < -0.3 is 25.8 Å². The number of aliphatic hydroxyl groups excluding tert-OH is 1. The summed E-state index contributed by atoms with van der Waals surface area (Å²) < 4.78 is 5.40. The second-order valence-corrected chi connectivity index (χ2v) is 8.00. The molecule has 2 fully saturated rings. The van der Waals surface area contributed by atoms with Gasteiger partial charge >= 0.3 is 0 Å². The lowest BCUT2D eigenvalue weighted by Gasteiger charge is -2.22. The van der Waals surface area contributed by atoms with Crippen molar-refractivity contribution < 1.29 is 14.6 Å². The van der Waals surface area contributed by atoms with Gasteiger partial charge in [0.1, 0.15) is 11.6 Å². The van der Waals surface area contributed by atoms with E-state index in [1.54, 1.807) is 18.5 Å². The van der Waals surface area contributed by atoms with Crippen LogP contribution in [-0.4, -0.2) is 64.9 Å². The number of carbonyl (C=O) groups excluding carboxylic acids is 1. The van der Waals surface area contributed by atoms with Crippen molar-refractivity contribution in [1.29, 1.82) is 0 Å². The summed E-state index contributed by atoms with van der Waals surface area (Å²) in [6.07, 6.45) is 6.13. The second-order valence-electron chi connectivity index (χ2n) is 7.60. The van der Waals surface area contributed by atoms with Crippen LogP contribution in [0.4, 0.5) is 11.6 Å². The fourth-order valence-corrected chi connectivity index (χ4v) is 3.84. The third kappa shape index (κ3) is 5.04. The summed E-state index contributed by atoms with van der Waals surface area (Å²) >= 11 is 6.34. The molecule has 10 heteroatoms. The Morgan fingerprint density at radius 3 is 2.83 bits per heavy atom. The normalized spacial score (nSPS) is 22.1. The summed E-state index contributed by atoms with van der Waals surface area (Å²) in [6.45, 7) is 3.24. The minimum Gasteiger partial charge on any atom is -0.391 e. The van der Waals surface area contributed by atoms with E-state index in [4.69, 9.17) is 16.3 Å². The van der Waals surface area contributed by atoms with Gasteiger partial charge in [0.25, 0.3) is 0 Å². The van der Waals surface area contributed by atoms with Crippen LogP contribution < -0.4 is 16.0 Å². The Hall–Kier alpha value is -2.33. The zero-order valence-corrected chi connectivity index (χ0v) is 17.2. The van der Waals surface area contributed by atoms with Gasteiger partial charge in [-0.3, -0.25) is 9.78 Å². The van der Waals surface area contributed by atoms with Gasteiger partial charge in [0.15, 0.2) is 0 Å². The van der Waals surface area contributed by atoms with Crippen molar-refractivity contribution in [2.45, 2.75) is 18.9 Å². The monoisotopic (exact) mass is 432 g/mol. The van der Waals surface area contributed by atoms with Crippen LogP contribution in [0.2, 0.25) is 5.02 Å². The molecule has 1 amide bonds. The molecule has 2 unspecified atom stereocenters. The van der Waals surface area contributed by atoms with Gasteiger partial charge in [-0.05, 0) is 24.8 Å². The summed E-state index contributed by atoms with van der Waals surface area (Å²) in [5.41, 5.74) is 1.20. The number of anilines is 2. The van der Waals surface area contributed by atoms with Crippen molar-refractivity contribution in [3.05, 3.63) is 29.7 Å². The first-order valence-corrected chi connectivity index (χ1v) is 10.5. The first kappa shape index (κ1) is 20.9. The van der Waals surface area contributed by atoms with E-state index in [1.165, 1.54) is 6.20 Å². The molecule has 0 radical (unpaired) electrons. The molecule has 9 nitrogen and oxygen atoms in total. The highest BCUT2D eigenvalue weighted by Gasteiger charge is 2.31. The molecule has 160 valence electrons. The maximum absolute atomic E-state index is 12.4. The molecule has 0 saturated carbocycles. The molecule has 2 aliphatic heterocycles. The van der Waals surface area contributed by atoms with Crippen LogP contribution in [0.5, 0.6) is 0 Å². The average Bonchev–Trinajstić information content (AvgIpc) is 3.20. The van der Waals surface area contributed by atoms with Crippen LogP contribution >= 0.6 is 11.6 Å². The molecular formula is C20H25ClN6O3. The van der Waals surface area contributed by atoms with Gasteiger partial charge in [-0.15, -0.1) is 0 Å². The largest absolute Gasteiger partial charge is 0.391 e. The minimum absolute atomic E-state index is 0.286. The molecular weight excluding hydrogens is 408 g/mol. The van der Waals surface area contributed by atoms with Crippen molar-refractivity contribution >= 4 is 29.1 Å². The summed E-state index contributed by atoms with van der Waals surface area (Å²) in [7, 11) is 0. The van der Waals surface area contributed by atoms with Crippen molar-refractivity contribution in [2.75, 3.05) is 43.5 Å². The first-order valence-electron chi connectivity index (χ1n) is 10.1. The highest BCUT2D eigenvalue weighted by Crippen LogP contribution is 2.28. The number of rotatable bonds is 6. The molecule has 2 aliphatic rings. The van der Waals surface area contributed by atoms with E-state index < -0.39 is 12.0 Å². The third-order valence-corrected chi connectivity index (χ3v) is 5.75. The average molecular weight is 433 g/mol. The highest BCUT2D eigenvalue weighted by molar-refractivity contribution is 6.33. The number of pyridine rings is 1. The van der Waals surface area contributed by atoms with Gasteiger partial charge in [0, 0.05) is 44.6 Å². The molecule has 2 aromatic heterocycles. The Morgan fingerprint density at radius 2 is 2.07 bits per heavy atom. The van der Waals surface area contributed by atoms with Crippen molar-refractivity contribution in [3.63, 3.8) is 0 Å². The van der Waals surface area contributed by atoms with Crippen LogP contribution in [0.3, 0.4) is 0 Å². The number of aliphatic hydroxyl groups is 1. The quantitative estimate of drug-likeness (QED) is 0.542. The predicted octanol–water partition coefficient (Wildman–Crippen LogP) is 1.55. The van der Waals surface area contributed by atoms with Crippen LogP contribution in [0.25, 0.3) is 11.3 Å². The summed E-state index contributed by atoms with van der Waals surface area (Å²) in [5, 5.41) is 19.4. The lowest BCUT2D eigenvalue weighted by atomic mass is 10.0. The Bertz CT molecular complexity index is 893. The van der Waals surface area contributed by atoms with Crippen LogP contribution in [0.15, 0.2) is 24.7 Å². The van der Waals surface area contributed by atoms with E-state index in [1.807, 2.05) is 0 Å². The lowest BCUT2D eigenvalue weighted by molar-refractivity contribution is -0.121. The lowest BCUT2D eigenvalue weighted by Crippen LogP contribution is -2.31. The number of halogens is 1. The third-order valence-electron chi connectivity index (χ3n) is 5.45. The van der Waals surface area contributed by atoms with E-state index in [-0.39, 0.29) is 5.91 Å². The van der Waals surface area contributed by atoms with Gasteiger partial charge in [-0.1, -0.05) is 11.6 Å². The number of nitrogens with zero attached hydrogens (tertiary/aromatic N) is 3. The number of hydrogen-bond donors (Lipinski definition) is 4. The Labute approximate surface area is 179 Å². The number of aromatic nitrogens is 3. The van der Waals surface area contributed by atoms with E-state index >= 15 is 0 Å². The van der Waals surface area contributed by atoms with E-state index in [2.05, 4.69) is 30.9 Å². The van der Waals surface area contributed by atoms with Crippen molar-refractivity contribution in [2.24, 2.45) is 11.8 Å². The summed E-state index contributed by atoms with van der Waals surface area (Å²) in [6, 6.07) is 1.67. The zero-order chi connectivity index (χ0) is 20.9. The van der Waals surface area contributed by atoms with Crippen LogP contribution in [-0.2, 0) is 9.53 Å². The molecule has 4 heterocycles. The maximum atomic E-state index is 12.4. The number of nitrogens with one attached hydrogen (secondary N) is 3. The molecule has 30 heavy (non-hydrogen) atoms. The molecule has 0 aliphatic carbocycles. The number of amides is 1. The molecule has 2 aromatic rings. The summed E-state index contributed by atoms with van der Waals surface area (Å²) in [5.74, 6) is 0.768. The Balaban J connectivity index is 1.46. The number of carbonyl (C=O) groups is 1. The molecule has 2 saturated heterocycles.